The Morgan fingerprint density at radius 3 is 2.84 bits per heavy atom. The molecular formula is C19H20N4OS. The summed E-state index contributed by atoms with van der Waals surface area (Å²) in [4.78, 5) is 0. The van der Waals surface area contributed by atoms with Crippen LogP contribution in [0.2, 0.25) is 0 Å². The number of hydrogen-bond acceptors (Lipinski definition) is 5. The van der Waals surface area contributed by atoms with Crippen molar-refractivity contribution in [3.05, 3.63) is 58.4 Å². The van der Waals surface area contributed by atoms with Crippen molar-refractivity contribution in [2.45, 2.75) is 30.4 Å². The molecular weight excluding hydrogens is 332 g/mol. The zero-order valence-corrected chi connectivity index (χ0v) is 14.6. The molecule has 2 N–H and O–H groups in total. The number of aliphatic hydroxyl groups is 1. The van der Waals surface area contributed by atoms with E-state index in [1.807, 2.05) is 22.3 Å². The number of nitrogens with one attached hydrogen (secondary N) is 1. The van der Waals surface area contributed by atoms with Crippen molar-refractivity contribution >= 4 is 11.3 Å². The first-order valence-corrected chi connectivity index (χ1v) is 9.66. The second-order valence-corrected chi connectivity index (χ2v) is 7.76. The fourth-order valence-electron chi connectivity index (χ4n) is 4.52. The highest BCUT2D eigenvalue weighted by atomic mass is 32.1. The van der Waals surface area contributed by atoms with Crippen molar-refractivity contribution in [2.24, 2.45) is 0 Å². The molecule has 1 aromatic carbocycles. The van der Waals surface area contributed by atoms with Crippen molar-refractivity contribution in [2.75, 3.05) is 13.1 Å². The lowest BCUT2D eigenvalue weighted by atomic mass is 9.72. The standard InChI is InChI=1S/C19H20N4OS/c24-18-17(23-11-16(21-22-23)13-5-10-25-12-13)14-3-1-2-4-15(14)19(18)6-8-20-9-7-19/h1-5,10-12,17-18,20,24H,6-9H2/t17-,18+/m0/s1. The number of piperidine rings is 1. The topological polar surface area (TPSA) is 63.0 Å². The summed E-state index contributed by atoms with van der Waals surface area (Å²) < 4.78 is 1.85. The van der Waals surface area contributed by atoms with Gasteiger partial charge in [-0.3, -0.25) is 0 Å². The van der Waals surface area contributed by atoms with Crippen LogP contribution in [-0.4, -0.2) is 39.3 Å². The summed E-state index contributed by atoms with van der Waals surface area (Å²) in [5, 5.41) is 27.6. The molecule has 0 unspecified atom stereocenters. The number of aromatic nitrogens is 3. The van der Waals surface area contributed by atoms with Crippen LogP contribution in [-0.2, 0) is 5.41 Å². The molecule has 3 aromatic rings. The Morgan fingerprint density at radius 2 is 2.04 bits per heavy atom. The highest BCUT2D eigenvalue weighted by molar-refractivity contribution is 7.08. The molecule has 1 aliphatic heterocycles. The molecule has 1 saturated heterocycles. The van der Waals surface area contributed by atoms with Crippen LogP contribution in [0, 0.1) is 0 Å². The van der Waals surface area contributed by atoms with E-state index in [4.69, 9.17) is 0 Å². The smallest absolute Gasteiger partial charge is 0.113 e. The van der Waals surface area contributed by atoms with Gasteiger partial charge in [0.05, 0.1) is 12.3 Å². The predicted octanol–water partition coefficient (Wildman–Crippen LogP) is 2.59. The van der Waals surface area contributed by atoms with Gasteiger partial charge in [0.1, 0.15) is 11.7 Å². The fraction of sp³-hybridized carbons (Fsp3) is 0.368. The molecule has 0 saturated carbocycles. The quantitative estimate of drug-likeness (QED) is 0.744. The van der Waals surface area contributed by atoms with Gasteiger partial charge in [-0.25, -0.2) is 4.68 Å². The minimum Gasteiger partial charge on any atom is -0.390 e. The van der Waals surface area contributed by atoms with Crippen molar-refractivity contribution in [1.29, 1.82) is 0 Å². The molecule has 0 amide bonds. The highest BCUT2D eigenvalue weighted by Gasteiger charge is 2.52. The normalized spacial score (nSPS) is 24.5. The number of benzene rings is 1. The van der Waals surface area contributed by atoms with Crippen LogP contribution in [0.5, 0.6) is 0 Å². The first kappa shape index (κ1) is 15.3. The van der Waals surface area contributed by atoms with Gasteiger partial charge < -0.3 is 10.4 Å². The van der Waals surface area contributed by atoms with Crippen LogP contribution in [0.25, 0.3) is 11.3 Å². The van der Waals surface area contributed by atoms with Crippen LogP contribution >= 0.6 is 11.3 Å². The van der Waals surface area contributed by atoms with Crippen LogP contribution in [0.1, 0.15) is 30.0 Å². The predicted molar refractivity (Wildman–Crippen MR) is 97.7 cm³/mol. The second-order valence-electron chi connectivity index (χ2n) is 6.98. The monoisotopic (exact) mass is 352 g/mol. The number of aliphatic hydroxyl groups excluding tert-OH is 1. The van der Waals surface area contributed by atoms with Gasteiger partial charge in [0.25, 0.3) is 0 Å². The molecule has 1 aliphatic carbocycles. The fourth-order valence-corrected chi connectivity index (χ4v) is 5.17. The number of rotatable bonds is 2. The van der Waals surface area contributed by atoms with E-state index in [-0.39, 0.29) is 11.5 Å². The zero-order valence-electron chi connectivity index (χ0n) is 13.8. The number of thiophene rings is 1. The van der Waals surface area contributed by atoms with Crippen LogP contribution in [0.3, 0.4) is 0 Å². The molecule has 0 bridgehead atoms. The Balaban J connectivity index is 1.60. The van der Waals surface area contributed by atoms with Gasteiger partial charge in [0.2, 0.25) is 0 Å². The van der Waals surface area contributed by atoms with E-state index in [2.05, 4.69) is 45.3 Å². The minimum atomic E-state index is -0.482. The van der Waals surface area contributed by atoms with E-state index in [0.717, 1.165) is 37.2 Å². The first-order valence-electron chi connectivity index (χ1n) is 8.72. The molecule has 6 heteroatoms. The molecule has 1 spiro atoms. The van der Waals surface area contributed by atoms with E-state index in [0.29, 0.717) is 0 Å². The molecule has 0 radical (unpaired) electrons. The maximum absolute atomic E-state index is 11.4. The molecule has 1 fully saturated rings. The van der Waals surface area contributed by atoms with E-state index >= 15 is 0 Å². The third kappa shape index (κ3) is 2.21. The lowest BCUT2D eigenvalue weighted by molar-refractivity contribution is 0.0421. The summed E-state index contributed by atoms with van der Waals surface area (Å²) in [6, 6.07) is 10.3. The van der Waals surface area contributed by atoms with E-state index < -0.39 is 6.10 Å². The van der Waals surface area contributed by atoms with Crippen molar-refractivity contribution in [1.82, 2.24) is 20.3 Å². The first-order chi connectivity index (χ1) is 12.3. The highest BCUT2D eigenvalue weighted by Crippen LogP contribution is 2.51. The second kappa shape index (κ2) is 5.76. The molecule has 25 heavy (non-hydrogen) atoms. The third-order valence-electron chi connectivity index (χ3n) is 5.79. The minimum absolute atomic E-state index is 0.172. The Morgan fingerprint density at radius 1 is 1.20 bits per heavy atom. The van der Waals surface area contributed by atoms with Crippen LogP contribution < -0.4 is 5.32 Å². The summed E-state index contributed by atoms with van der Waals surface area (Å²) in [7, 11) is 0. The Hall–Kier alpha value is -2.02. The molecule has 2 aromatic heterocycles. The van der Waals surface area contributed by atoms with Crippen LogP contribution in [0.15, 0.2) is 47.3 Å². The molecule has 3 heterocycles. The van der Waals surface area contributed by atoms with Gasteiger partial charge in [0, 0.05) is 16.4 Å². The lowest BCUT2D eigenvalue weighted by Crippen LogP contribution is -2.47. The van der Waals surface area contributed by atoms with Gasteiger partial charge in [-0.1, -0.05) is 29.5 Å². The van der Waals surface area contributed by atoms with E-state index in [1.54, 1.807) is 11.3 Å². The number of fused-ring (bicyclic) bond motifs is 2. The molecule has 2 atom stereocenters. The van der Waals surface area contributed by atoms with Gasteiger partial charge in [-0.15, -0.1) is 5.10 Å². The number of nitrogens with zero attached hydrogens (tertiary/aromatic N) is 3. The number of hydrogen-bond donors (Lipinski definition) is 2. The average Bonchev–Trinajstić information content (AvgIpc) is 3.37. The SMILES string of the molecule is O[C@@H]1[C@@H](n2cc(-c3ccsc3)nn2)c2ccccc2C12CCNCC2. The Kier molecular flexibility index (Phi) is 3.51. The zero-order chi connectivity index (χ0) is 16.9. The largest absolute Gasteiger partial charge is 0.390 e. The van der Waals surface area contributed by atoms with Crippen molar-refractivity contribution in [3.8, 4) is 11.3 Å². The summed E-state index contributed by atoms with van der Waals surface area (Å²) in [6.45, 7) is 1.88. The molecule has 5 rings (SSSR count). The van der Waals surface area contributed by atoms with Crippen molar-refractivity contribution < 1.29 is 5.11 Å². The summed E-state index contributed by atoms with van der Waals surface area (Å²) in [5.41, 5.74) is 4.21. The Labute approximate surface area is 150 Å². The third-order valence-corrected chi connectivity index (χ3v) is 6.47. The van der Waals surface area contributed by atoms with Gasteiger partial charge in [-0.05, 0) is 48.5 Å². The van der Waals surface area contributed by atoms with Gasteiger partial charge in [-0.2, -0.15) is 11.3 Å². The van der Waals surface area contributed by atoms with Crippen LogP contribution in [0.4, 0.5) is 0 Å². The van der Waals surface area contributed by atoms with Gasteiger partial charge in [0.15, 0.2) is 0 Å². The van der Waals surface area contributed by atoms with Gasteiger partial charge >= 0.3 is 0 Å². The van der Waals surface area contributed by atoms with Crippen molar-refractivity contribution in [3.63, 3.8) is 0 Å². The molecule has 128 valence electrons. The lowest BCUT2D eigenvalue weighted by Gasteiger charge is -2.38. The van der Waals surface area contributed by atoms with E-state index in [1.165, 1.54) is 11.1 Å². The maximum Gasteiger partial charge on any atom is 0.113 e. The molecule has 5 nitrogen and oxygen atoms in total. The molecule has 2 aliphatic rings. The summed E-state index contributed by atoms with van der Waals surface area (Å²) in [6.07, 6.45) is 3.39. The summed E-state index contributed by atoms with van der Waals surface area (Å²) in [5.74, 6) is 0. The van der Waals surface area contributed by atoms with E-state index in [9.17, 15) is 5.11 Å². The Bertz CT molecular complexity index is 882. The average molecular weight is 352 g/mol. The summed E-state index contributed by atoms with van der Waals surface area (Å²) >= 11 is 1.65. The maximum atomic E-state index is 11.4.